The summed E-state index contributed by atoms with van der Waals surface area (Å²) < 4.78 is 5.69. The van der Waals surface area contributed by atoms with E-state index in [0.717, 1.165) is 5.75 Å². The molecular weight excluding hydrogens is 360 g/mol. The van der Waals surface area contributed by atoms with Crippen LogP contribution in [0.25, 0.3) is 0 Å². The Morgan fingerprint density at radius 3 is 2.56 bits per heavy atom. The highest BCUT2D eigenvalue weighted by Gasteiger charge is 2.31. The summed E-state index contributed by atoms with van der Waals surface area (Å²) in [5.41, 5.74) is 0.384. The van der Waals surface area contributed by atoms with Gasteiger partial charge in [0.25, 0.3) is 5.91 Å². The number of carbonyl (C=O) groups is 2. The molecule has 5 nitrogen and oxygen atoms in total. The first-order valence-corrected chi connectivity index (χ1v) is 10.2. The maximum absolute atomic E-state index is 13.0. The zero-order valence-corrected chi connectivity index (χ0v) is 16.4. The van der Waals surface area contributed by atoms with Crippen LogP contribution in [0.1, 0.15) is 30.6 Å². The van der Waals surface area contributed by atoms with Crippen LogP contribution in [0.3, 0.4) is 0 Å². The summed E-state index contributed by atoms with van der Waals surface area (Å²) in [7, 11) is 0. The number of hydrogen-bond acceptors (Lipinski definition) is 4. The number of carbonyl (C=O) groups excluding carboxylic acids is 2. The number of ether oxygens (including phenoxy) is 1. The van der Waals surface area contributed by atoms with Gasteiger partial charge in [0.1, 0.15) is 6.04 Å². The number of benzene rings is 1. The number of hydrogen-bond donors (Lipinski definition) is 1. The van der Waals surface area contributed by atoms with Crippen molar-refractivity contribution in [1.82, 2.24) is 10.2 Å². The first kappa shape index (κ1) is 20.1. The second-order valence-electron chi connectivity index (χ2n) is 6.29. The Morgan fingerprint density at radius 1 is 1.32 bits per heavy atom. The van der Waals surface area contributed by atoms with E-state index in [1.165, 1.54) is 0 Å². The molecule has 0 spiro atoms. The van der Waals surface area contributed by atoms with Crippen molar-refractivity contribution in [1.29, 1.82) is 0 Å². The number of halogens is 1. The maximum atomic E-state index is 13.0. The van der Waals surface area contributed by atoms with Crippen LogP contribution in [-0.2, 0) is 9.53 Å². The van der Waals surface area contributed by atoms with E-state index in [4.69, 9.17) is 16.3 Å². The number of rotatable bonds is 6. The van der Waals surface area contributed by atoms with Crippen LogP contribution in [-0.4, -0.2) is 60.1 Å². The molecule has 0 aliphatic carbocycles. The molecule has 1 aliphatic rings. The molecule has 7 heteroatoms. The van der Waals surface area contributed by atoms with Gasteiger partial charge in [0.2, 0.25) is 5.91 Å². The number of nitrogens with one attached hydrogen (secondary N) is 1. The fraction of sp³-hybridized carbons (Fsp3) is 0.556. The minimum atomic E-state index is -0.561. The van der Waals surface area contributed by atoms with Crippen molar-refractivity contribution < 1.29 is 14.3 Å². The van der Waals surface area contributed by atoms with Crippen molar-refractivity contribution in [3.05, 3.63) is 34.9 Å². The predicted molar refractivity (Wildman–Crippen MR) is 102 cm³/mol. The molecule has 0 radical (unpaired) electrons. The second kappa shape index (κ2) is 9.46. The molecule has 25 heavy (non-hydrogen) atoms. The molecule has 1 heterocycles. The van der Waals surface area contributed by atoms with Crippen LogP contribution < -0.4 is 5.32 Å². The second-order valence-corrected chi connectivity index (χ2v) is 7.68. The van der Waals surface area contributed by atoms with Gasteiger partial charge in [-0.25, -0.2) is 0 Å². The molecule has 1 aromatic rings. The standard InChI is InChI=1S/C18H25ClN2O3S/c1-12-10-21(11-13(2)24-12)18(23)16(8-9-25-3)20-17(22)14-6-4-5-7-15(14)19/h4-7,12-13,16H,8-11H2,1-3H3,(H,20,22)/t12-,13-,16-/m0/s1. The molecule has 1 aromatic carbocycles. The van der Waals surface area contributed by atoms with Gasteiger partial charge in [0, 0.05) is 13.1 Å². The van der Waals surface area contributed by atoms with Crippen molar-refractivity contribution in [3.63, 3.8) is 0 Å². The molecule has 1 saturated heterocycles. The van der Waals surface area contributed by atoms with E-state index in [0.29, 0.717) is 30.1 Å². The highest BCUT2D eigenvalue weighted by molar-refractivity contribution is 7.98. The van der Waals surface area contributed by atoms with Crippen molar-refractivity contribution >= 4 is 35.2 Å². The van der Waals surface area contributed by atoms with Gasteiger partial charge in [-0.15, -0.1) is 0 Å². The van der Waals surface area contributed by atoms with Crippen molar-refractivity contribution in [2.24, 2.45) is 0 Å². The van der Waals surface area contributed by atoms with Crippen molar-refractivity contribution in [3.8, 4) is 0 Å². The van der Waals surface area contributed by atoms with Gasteiger partial charge in [0.05, 0.1) is 22.8 Å². The van der Waals surface area contributed by atoms with E-state index < -0.39 is 6.04 Å². The lowest BCUT2D eigenvalue weighted by Gasteiger charge is -2.37. The minimum absolute atomic E-state index is 0.00632. The van der Waals surface area contributed by atoms with E-state index in [-0.39, 0.29) is 24.0 Å². The van der Waals surface area contributed by atoms with Gasteiger partial charge in [-0.05, 0) is 44.4 Å². The SMILES string of the molecule is CSCC[C@H](NC(=O)c1ccccc1Cl)C(=O)N1C[C@H](C)O[C@@H](C)C1. The zero-order chi connectivity index (χ0) is 18.4. The van der Waals surface area contributed by atoms with Crippen LogP contribution in [0.4, 0.5) is 0 Å². The molecular formula is C18H25ClN2O3S. The molecule has 138 valence electrons. The quantitative estimate of drug-likeness (QED) is 0.819. The fourth-order valence-corrected chi connectivity index (χ4v) is 3.65. The Bertz CT molecular complexity index is 604. The van der Waals surface area contributed by atoms with Gasteiger partial charge >= 0.3 is 0 Å². The molecule has 2 amide bonds. The summed E-state index contributed by atoms with van der Waals surface area (Å²) in [6, 6.07) is 6.29. The van der Waals surface area contributed by atoms with E-state index in [2.05, 4.69) is 5.32 Å². The lowest BCUT2D eigenvalue weighted by molar-refractivity contribution is -0.145. The van der Waals surface area contributed by atoms with Crippen molar-refractivity contribution in [2.75, 3.05) is 25.1 Å². The molecule has 1 fully saturated rings. The van der Waals surface area contributed by atoms with E-state index in [9.17, 15) is 9.59 Å². The normalized spacial score (nSPS) is 21.7. The first-order valence-electron chi connectivity index (χ1n) is 8.41. The van der Waals surface area contributed by atoms with Crippen LogP contribution in [0, 0.1) is 0 Å². The molecule has 2 rings (SSSR count). The average Bonchev–Trinajstić information content (AvgIpc) is 2.57. The third-order valence-corrected chi connectivity index (χ3v) is 5.04. The van der Waals surface area contributed by atoms with E-state index in [1.807, 2.05) is 20.1 Å². The van der Waals surface area contributed by atoms with Gasteiger partial charge in [-0.1, -0.05) is 23.7 Å². The topological polar surface area (TPSA) is 58.6 Å². The molecule has 1 N–H and O–H groups in total. The minimum Gasteiger partial charge on any atom is -0.372 e. The lowest BCUT2D eigenvalue weighted by atomic mass is 10.1. The largest absolute Gasteiger partial charge is 0.372 e. The number of thioether (sulfide) groups is 1. The van der Waals surface area contributed by atoms with Crippen molar-refractivity contribution in [2.45, 2.75) is 38.5 Å². The Labute approximate surface area is 158 Å². The highest BCUT2D eigenvalue weighted by Crippen LogP contribution is 2.17. The number of amides is 2. The Balaban J connectivity index is 2.11. The molecule has 0 unspecified atom stereocenters. The molecule has 1 aliphatic heterocycles. The first-order chi connectivity index (χ1) is 11.9. The van der Waals surface area contributed by atoms with E-state index >= 15 is 0 Å². The smallest absolute Gasteiger partial charge is 0.253 e. The predicted octanol–water partition coefficient (Wildman–Crippen LogP) is 2.83. The van der Waals surface area contributed by atoms with Crippen LogP contribution in [0.2, 0.25) is 5.02 Å². The van der Waals surface area contributed by atoms with Gasteiger partial charge in [0.15, 0.2) is 0 Å². The summed E-state index contributed by atoms with van der Waals surface area (Å²) in [6.07, 6.45) is 2.55. The van der Waals surface area contributed by atoms with Gasteiger partial charge < -0.3 is 15.0 Å². The van der Waals surface area contributed by atoms with Crippen LogP contribution in [0.5, 0.6) is 0 Å². The molecule has 0 bridgehead atoms. The molecule has 3 atom stereocenters. The summed E-state index contributed by atoms with van der Waals surface area (Å²) in [4.78, 5) is 27.3. The molecule has 0 aromatic heterocycles. The third-order valence-electron chi connectivity index (χ3n) is 4.06. The summed E-state index contributed by atoms with van der Waals surface area (Å²) in [5, 5.41) is 3.25. The number of morpholine rings is 1. The van der Waals surface area contributed by atoms with E-state index in [1.54, 1.807) is 40.9 Å². The monoisotopic (exact) mass is 384 g/mol. The Kier molecular flexibility index (Phi) is 7.59. The Hall–Kier alpha value is -1.24. The van der Waals surface area contributed by atoms with Gasteiger partial charge in [-0.2, -0.15) is 11.8 Å². The molecule has 0 saturated carbocycles. The zero-order valence-electron chi connectivity index (χ0n) is 14.8. The lowest BCUT2D eigenvalue weighted by Crippen LogP contribution is -2.55. The number of nitrogens with zero attached hydrogens (tertiary/aromatic N) is 1. The summed E-state index contributed by atoms with van der Waals surface area (Å²) in [5.74, 6) is 0.408. The summed E-state index contributed by atoms with van der Waals surface area (Å²) in [6.45, 7) is 4.99. The maximum Gasteiger partial charge on any atom is 0.253 e. The highest BCUT2D eigenvalue weighted by atomic mass is 35.5. The summed E-state index contributed by atoms with van der Waals surface area (Å²) >= 11 is 7.74. The van der Waals surface area contributed by atoms with Crippen LogP contribution in [0.15, 0.2) is 24.3 Å². The third kappa shape index (κ3) is 5.62. The fourth-order valence-electron chi connectivity index (χ4n) is 2.95. The average molecular weight is 385 g/mol. The van der Waals surface area contributed by atoms with Crippen LogP contribution >= 0.6 is 23.4 Å². The Morgan fingerprint density at radius 2 is 1.96 bits per heavy atom. The van der Waals surface area contributed by atoms with Gasteiger partial charge in [-0.3, -0.25) is 9.59 Å².